The fourth-order valence-electron chi connectivity index (χ4n) is 2.30. The fraction of sp³-hybridized carbons (Fsp3) is 0.429. The van der Waals surface area contributed by atoms with Gasteiger partial charge in [0.2, 0.25) is 5.89 Å². The predicted molar refractivity (Wildman–Crippen MR) is 70.1 cm³/mol. The highest BCUT2D eigenvalue weighted by atomic mass is 16.5. The normalized spacial score (nSPS) is 18.7. The largest absolute Gasteiger partial charge is 0.497 e. The predicted octanol–water partition coefficient (Wildman–Crippen LogP) is 2.09. The Balaban J connectivity index is 1.68. The van der Waals surface area contributed by atoms with Gasteiger partial charge in [0, 0.05) is 6.42 Å². The molecule has 0 amide bonds. The number of hydrogen-bond donors (Lipinski definition) is 1. The van der Waals surface area contributed by atoms with Crippen molar-refractivity contribution in [2.45, 2.75) is 25.3 Å². The minimum Gasteiger partial charge on any atom is -0.497 e. The summed E-state index contributed by atoms with van der Waals surface area (Å²) in [5.41, 5.74) is 1.15. The molecule has 0 aliphatic carbocycles. The minimum absolute atomic E-state index is 0.233. The smallest absolute Gasteiger partial charge is 0.243 e. The molecule has 0 saturated carbocycles. The van der Waals surface area contributed by atoms with Crippen LogP contribution >= 0.6 is 0 Å². The second-order valence-corrected chi connectivity index (χ2v) is 4.72. The van der Waals surface area contributed by atoms with Crippen LogP contribution in [0.5, 0.6) is 5.75 Å². The van der Waals surface area contributed by atoms with E-state index in [-0.39, 0.29) is 6.04 Å². The molecule has 1 atom stereocenters. The maximum absolute atomic E-state index is 5.32. The minimum atomic E-state index is 0.233. The third-order valence-corrected chi connectivity index (χ3v) is 3.36. The molecular formula is C14H17N3O2. The summed E-state index contributed by atoms with van der Waals surface area (Å²) in [5.74, 6) is 2.29. The summed E-state index contributed by atoms with van der Waals surface area (Å²) >= 11 is 0. The second-order valence-electron chi connectivity index (χ2n) is 4.72. The summed E-state index contributed by atoms with van der Waals surface area (Å²) in [4.78, 5) is 4.46. The SMILES string of the molecule is COc1ccc(Cc2noc(C3CCCN3)n2)cc1. The van der Waals surface area contributed by atoms with E-state index in [2.05, 4.69) is 15.5 Å². The van der Waals surface area contributed by atoms with Crippen LogP contribution in [0.1, 0.15) is 36.2 Å². The molecule has 19 heavy (non-hydrogen) atoms. The zero-order valence-corrected chi connectivity index (χ0v) is 10.9. The molecule has 0 bridgehead atoms. The summed E-state index contributed by atoms with van der Waals surface area (Å²) in [6.07, 6.45) is 2.92. The van der Waals surface area contributed by atoms with Crippen LogP contribution in [0.25, 0.3) is 0 Å². The van der Waals surface area contributed by atoms with E-state index in [9.17, 15) is 0 Å². The van der Waals surface area contributed by atoms with E-state index in [1.807, 2.05) is 24.3 Å². The lowest BCUT2D eigenvalue weighted by atomic mass is 10.1. The highest BCUT2D eigenvalue weighted by molar-refractivity contribution is 5.28. The van der Waals surface area contributed by atoms with Crippen LogP contribution in [0.2, 0.25) is 0 Å². The lowest BCUT2D eigenvalue weighted by Crippen LogP contribution is -2.13. The highest BCUT2D eigenvalue weighted by Crippen LogP contribution is 2.21. The van der Waals surface area contributed by atoms with E-state index in [4.69, 9.17) is 9.26 Å². The molecule has 3 rings (SSSR count). The van der Waals surface area contributed by atoms with Crippen molar-refractivity contribution < 1.29 is 9.26 Å². The van der Waals surface area contributed by atoms with Crippen molar-refractivity contribution in [3.8, 4) is 5.75 Å². The summed E-state index contributed by atoms with van der Waals surface area (Å²) in [6.45, 7) is 1.03. The summed E-state index contributed by atoms with van der Waals surface area (Å²) in [6, 6.07) is 8.15. The Bertz CT molecular complexity index is 530. The van der Waals surface area contributed by atoms with E-state index < -0.39 is 0 Å². The van der Waals surface area contributed by atoms with Gasteiger partial charge in [0.25, 0.3) is 0 Å². The van der Waals surface area contributed by atoms with Gasteiger partial charge in [0.05, 0.1) is 13.2 Å². The van der Waals surface area contributed by atoms with Crippen LogP contribution in [0.4, 0.5) is 0 Å². The number of ether oxygens (including phenoxy) is 1. The maximum atomic E-state index is 5.32. The van der Waals surface area contributed by atoms with Crippen molar-refractivity contribution in [1.29, 1.82) is 0 Å². The fourth-order valence-corrected chi connectivity index (χ4v) is 2.30. The summed E-state index contributed by atoms with van der Waals surface area (Å²) < 4.78 is 10.5. The van der Waals surface area contributed by atoms with Gasteiger partial charge in [-0.1, -0.05) is 17.3 Å². The van der Waals surface area contributed by atoms with Crippen LogP contribution in [0.15, 0.2) is 28.8 Å². The van der Waals surface area contributed by atoms with Crippen molar-refractivity contribution in [3.05, 3.63) is 41.5 Å². The molecule has 0 radical (unpaired) electrons. The number of hydrogen-bond acceptors (Lipinski definition) is 5. The number of benzene rings is 1. The third kappa shape index (κ3) is 2.76. The average Bonchev–Trinajstić information content (AvgIpc) is 3.10. The van der Waals surface area contributed by atoms with Crippen LogP contribution in [-0.2, 0) is 6.42 Å². The van der Waals surface area contributed by atoms with Crippen molar-refractivity contribution >= 4 is 0 Å². The van der Waals surface area contributed by atoms with Crippen LogP contribution in [-0.4, -0.2) is 23.8 Å². The van der Waals surface area contributed by atoms with Gasteiger partial charge in [0.1, 0.15) is 5.75 Å². The first kappa shape index (κ1) is 12.2. The van der Waals surface area contributed by atoms with E-state index in [0.29, 0.717) is 12.3 Å². The monoisotopic (exact) mass is 259 g/mol. The van der Waals surface area contributed by atoms with Crippen LogP contribution < -0.4 is 10.1 Å². The van der Waals surface area contributed by atoms with Gasteiger partial charge in [-0.15, -0.1) is 0 Å². The Morgan fingerprint density at radius 2 is 2.21 bits per heavy atom. The topological polar surface area (TPSA) is 60.2 Å². The van der Waals surface area contributed by atoms with Gasteiger partial charge >= 0.3 is 0 Å². The molecule has 0 spiro atoms. The standard InChI is InChI=1S/C14H17N3O2/c1-18-11-6-4-10(5-7-11)9-13-16-14(19-17-13)12-3-2-8-15-12/h4-7,12,15H,2-3,8-9H2,1H3. The first-order chi connectivity index (χ1) is 9.35. The maximum Gasteiger partial charge on any atom is 0.243 e. The lowest BCUT2D eigenvalue weighted by Gasteiger charge is -2.02. The number of methoxy groups -OCH3 is 1. The molecular weight excluding hydrogens is 242 g/mol. The van der Waals surface area contributed by atoms with E-state index >= 15 is 0 Å². The van der Waals surface area contributed by atoms with Crippen molar-refractivity contribution in [2.24, 2.45) is 0 Å². The zero-order valence-electron chi connectivity index (χ0n) is 10.9. The average molecular weight is 259 g/mol. The molecule has 1 saturated heterocycles. The third-order valence-electron chi connectivity index (χ3n) is 3.36. The quantitative estimate of drug-likeness (QED) is 0.911. The van der Waals surface area contributed by atoms with Gasteiger partial charge in [-0.05, 0) is 37.1 Å². The molecule has 1 unspecified atom stereocenters. The van der Waals surface area contributed by atoms with Gasteiger partial charge in [-0.2, -0.15) is 4.98 Å². The molecule has 2 heterocycles. The molecule has 5 nitrogen and oxygen atoms in total. The number of aromatic nitrogens is 2. The first-order valence-corrected chi connectivity index (χ1v) is 6.54. The number of rotatable bonds is 4. The Morgan fingerprint density at radius 3 is 2.89 bits per heavy atom. The molecule has 1 aromatic carbocycles. The summed E-state index contributed by atoms with van der Waals surface area (Å²) in [7, 11) is 1.66. The lowest BCUT2D eigenvalue weighted by molar-refractivity contribution is 0.341. The summed E-state index contributed by atoms with van der Waals surface area (Å²) in [5, 5.41) is 7.39. The van der Waals surface area contributed by atoms with Crippen molar-refractivity contribution in [1.82, 2.24) is 15.5 Å². The Kier molecular flexibility index (Phi) is 3.46. The van der Waals surface area contributed by atoms with Crippen molar-refractivity contribution in [2.75, 3.05) is 13.7 Å². The van der Waals surface area contributed by atoms with E-state index in [1.54, 1.807) is 7.11 Å². The molecule has 1 N–H and O–H groups in total. The van der Waals surface area contributed by atoms with Gasteiger partial charge in [0.15, 0.2) is 5.82 Å². The zero-order chi connectivity index (χ0) is 13.1. The molecule has 1 aliphatic rings. The molecule has 100 valence electrons. The number of nitrogens with one attached hydrogen (secondary N) is 1. The Hall–Kier alpha value is -1.88. The van der Waals surface area contributed by atoms with Crippen LogP contribution in [0.3, 0.4) is 0 Å². The Labute approximate surface area is 112 Å². The van der Waals surface area contributed by atoms with Gasteiger partial charge in [-0.3, -0.25) is 0 Å². The molecule has 1 aromatic heterocycles. The first-order valence-electron chi connectivity index (χ1n) is 6.54. The highest BCUT2D eigenvalue weighted by Gasteiger charge is 2.22. The van der Waals surface area contributed by atoms with Crippen LogP contribution in [0, 0.1) is 0 Å². The van der Waals surface area contributed by atoms with Crippen molar-refractivity contribution in [3.63, 3.8) is 0 Å². The van der Waals surface area contributed by atoms with Gasteiger partial charge < -0.3 is 14.6 Å². The van der Waals surface area contributed by atoms with E-state index in [0.717, 1.165) is 30.1 Å². The Morgan fingerprint density at radius 1 is 1.37 bits per heavy atom. The molecule has 2 aromatic rings. The molecule has 1 fully saturated rings. The number of nitrogens with zero attached hydrogens (tertiary/aromatic N) is 2. The molecule has 1 aliphatic heterocycles. The second kappa shape index (κ2) is 5.40. The molecule has 5 heteroatoms. The van der Waals surface area contributed by atoms with Gasteiger partial charge in [-0.25, -0.2) is 0 Å². The van der Waals surface area contributed by atoms with E-state index in [1.165, 1.54) is 6.42 Å².